The Balaban J connectivity index is 1.99. The minimum atomic E-state index is -0.910. The fourth-order valence-corrected chi connectivity index (χ4v) is 2.39. The summed E-state index contributed by atoms with van der Waals surface area (Å²) >= 11 is 0. The Morgan fingerprint density at radius 1 is 1.35 bits per heavy atom. The average Bonchev–Trinajstić information content (AvgIpc) is 2.47. The van der Waals surface area contributed by atoms with Crippen molar-refractivity contribution in [3.63, 3.8) is 0 Å². The van der Waals surface area contributed by atoms with E-state index in [1.807, 2.05) is 0 Å². The van der Waals surface area contributed by atoms with Gasteiger partial charge in [-0.2, -0.15) is 5.26 Å². The molecule has 0 spiro atoms. The molecule has 0 unspecified atom stereocenters. The fourth-order valence-electron chi connectivity index (χ4n) is 2.39. The summed E-state index contributed by atoms with van der Waals surface area (Å²) in [6.07, 6.45) is 0.325. The maximum absolute atomic E-state index is 13.0. The van der Waals surface area contributed by atoms with E-state index in [0.717, 1.165) is 5.56 Å². The summed E-state index contributed by atoms with van der Waals surface area (Å²) in [6.45, 7) is 1.38. The number of nitriles is 1. The number of rotatable bonds is 6. The number of hydrogen-bond acceptors (Lipinski definition) is 3. The van der Waals surface area contributed by atoms with Crippen molar-refractivity contribution in [2.75, 3.05) is 19.6 Å². The van der Waals surface area contributed by atoms with Crippen molar-refractivity contribution in [3.05, 3.63) is 35.6 Å². The molecule has 0 aromatic heterocycles. The van der Waals surface area contributed by atoms with E-state index in [1.54, 1.807) is 21.9 Å². The van der Waals surface area contributed by atoms with Gasteiger partial charge in [0.1, 0.15) is 5.82 Å². The highest BCUT2D eigenvalue weighted by Gasteiger charge is 2.33. The third kappa shape index (κ3) is 4.68. The van der Waals surface area contributed by atoms with E-state index in [-0.39, 0.29) is 30.7 Å². The highest BCUT2D eigenvalue weighted by molar-refractivity contribution is 5.75. The topological polar surface area (TPSA) is 84.6 Å². The van der Waals surface area contributed by atoms with E-state index in [4.69, 9.17) is 10.4 Å². The summed E-state index contributed by atoms with van der Waals surface area (Å²) in [6, 6.07) is 7.74. The normalized spacial score (nSPS) is 14.0. The van der Waals surface area contributed by atoms with Crippen molar-refractivity contribution in [1.82, 2.24) is 9.80 Å². The largest absolute Gasteiger partial charge is 0.481 e. The number of carboxylic acids is 1. The number of halogens is 1. The first kappa shape index (κ1) is 16.7. The second-order valence-electron chi connectivity index (χ2n) is 5.56. The number of benzene rings is 1. The fraction of sp³-hybridized carbons (Fsp3) is 0.438. The second kappa shape index (κ2) is 7.58. The van der Waals surface area contributed by atoms with E-state index < -0.39 is 5.97 Å². The highest BCUT2D eigenvalue weighted by atomic mass is 19.1. The lowest BCUT2D eigenvalue weighted by Crippen LogP contribution is -2.54. The number of carbonyl (C=O) groups is 2. The quantitative estimate of drug-likeness (QED) is 0.870. The van der Waals surface area contributed by atoms with Crippen molar-refractivity contribution < 1.29 is 19.1 Å². The molecule has 1 aliphatic heterocycles. The van der Waals surface area contributed by atoms with Crippen LogP contribution in [-0.4, -0.2) is 46.5 Å². The maximum Gasteiger partial charge on any atom is 0.320 e. The van der Waals surface area contributed by atoms with Crippen molar-refractivity contribution in [2.45, 2.75) is 19.4 Å². The van der Waals surface area contributed by atoms with Gasteiger partial charge >= 0.3 is 12.0 Å². The smallest absolute Gasteiger partial charge is 0.320 e. The van der Waals surface area contributed by atoms with Crippen molar-refractivity contribution >= 4 is 12.0 Å². The maximum atomic E-state index is 13.0. The molecule has 2 rings (SSSR count). The number of urea groups is 1. The lowest BCUT2D eigenvalue weighted by atomic mass is 10.0. The molecule has 0 bridgehead atoms. The molecule has 7 heteroatoms. The molecule has 1 heterocycles. The Bertz CT molecular complexity index is 606. The molecule has 1 saturated heterocycles. The summed E-state index contributed by atoms with van der Waals surface area (Å²) in [5, 5.41) is 17.5. The Morgan fingerprint density at radius 2 is 2.00 bits per heavy atom. The lowest BCUT2D eigenvalue weighted by Gasteiger charge is -2.39. The molecular formula is C16H18FN3O3. The molecule has 1 N–H and O–H groups in total. The first-order valence-corrected chi connectivity index (χ1v) is 7.39. The van der Waals surface area contributed by atoms with Crippen LogP contribution in [0.3, 0.4) is 0 Å². The van der Waals surface area contributed by atoms with Crippen LogP contribution in [0.15, 0.2) is 24.3 Å². The van der Waals surface area contributed by atoms with E-state index in [0.29, 0.717) is 26.1 Å². The zero-order valence-corrected chi connectivity index (χ0v) is 12.6. The molecule has 6 nitrogen and oxygen atoms in total. The summed E-state index contributed by atoms with van der Waals surface area (Å²) in [4.78, 5) is 26.2. The van der Waals surface area contributed by atoms with Crippen LogP contribution >= 0.6 is 0 Å². The molecule has 23 heavy (non-hydrogen) atoms. The van der Waals surface area contributed by atoms with E-state index in [9.17, 15) is 14.0 Å². The minimum absolute atomic E-state index is 0.0198. The van der Waals surface area contributed by atoms with Gasteiger partial charge < -0.3 is 14.9 Å². The standard InChI is InChI=1S/C16H18FN3O3/c17-14-5-3-12(4-6-14)9-19(7-1-2-15(21)22)16(23)20-10-13(8-18)11-20/h3-6,13H,1-2,7,9-11H2,(H,21,22). The number of hydrogen-bond donors (Lipinski definition) is 1. The third-order valence-electron chi connectivity index (χ3n) is 3.71. The summed E-state index contributed by atoms with van der Waals surface area (Å²) < 4.78 is 13.0. The predicted octanol–water partition coefficient (Wildman–Crippen LogP) is 2.07. The Morgan fingerprint density at radius 3 is 2.57 bits per heavy atom. The molecule has 1 aliphatic rings. The predicted molar refractivity (Wildman–Crippen MR) is 79.8 cm³/mol. The van der Waals surface area contributed by atoms with Gasteiger partial charge in [-0.3, -0.25) is 4.79 Å². The van der Waals surface area contributed by atoms with E-state index in [1.165, 1.54) is 12.1 Å². The van der Waals surface area contributed by atoms with Gasteiger partial charge in [0.15, 0.2) is 0 Å². The third-order valence-corrected chi connectivity index (χ3v) is 3.71. The number of aliphatic carboxylic acids is 1. The van der Waals surface area contributed by atoms with Gasteiger partial charge in [0.2, 0.25) is 0 Å². The van der Waals surface area contributed by atoms with E-state index in [2.05, 4.69) is 6.07 Å². The van der Waals surface area contributed by atoms with Crippen LogP contribution in [0.2, 0.25) is 0 Å². The van der Waals surface area contributed by atoms with Crippen LogP contribution in [0.1, 0.15) is 18.4 Å². The number of carboxylic acid groups (broad SMARTS) is 1. The SMILES string of the molecule is N#CC1CN(C(=O)N(CCCC(=O)O)Cc2ccc(F)cc2)C1. The van der Waals surface area contributed by atoms with Crippen molar-refractivity contribution in [1.29, 1.82) is 5.26 Å². The van der Waals surface area contributed by atoms with Crippen molar-refractivity contribution in [2.24, 2.45) is 5.92 Å². The molecule has 122 valence electrons. The number of nitrogens with zero attached hydrogens (tertiary/aromatic N) is 3. The molecule has 0 aliphatic carbocycles. The molecule has 1 aromatic rings. The minimum Gasteiger partial charge on any atom is -0.481 e. The van der Waals surface area contributed by atoms with Crippen LogP contribution < -0.4 is 0 Å². The number of carbonyl (C=O) groups excluding carboxylic acids is 1. The van der Waals surface area contributed by atoms with Crippen LogP contribution in [0, 0.1) is 23.1 Å². The van der Waals surface area contributed by atoms with Gasteiger partial charge in [-0.05, 0) is 24.1 Å². The molecule has 0 atom stereocenters. The molecule has 1 fully saturated rings. The van der Waals surface area contributed by atoms with Gasteiger partial charge in [0.25, 0.3) is 0 Å². The molecule has 2 amide bonds. The van der Waals surface area contributed by atoms with Crippen LogP contribution in [0.4, 0.5) is 9.18 Å². The Hall–Kier alpha value is -2.62. The van der Waals surface area contributed by atoms with Gasteiger partial charge in [-0.15, -0.1) is 0 Å². The first-order chi connectivity index (χ1) is 11.0. The van der Waals surface area contributed by atoms with Crippen molar-refractivity contribution in [3.8, 4) is 6.07 Å². The Kier molecular flexibility index (Phi) is 5.52. The monoisotopic (exact) mass is 319 g/mol. The summed E-state index contributed by atoms with van der Waals surface area (Å²) in [5.41, 5.74) is 0.771. The van der Waals surface area contributed by atoms with E-state index >= 15 is 0 Å². The zero-order chi connectivity index (χ0) is 16.8. The van der Waals surface area contributed by atoms with Crippen LogP contribution in [0.25, 0.3) is 0 Å². The highest BCUT2D eigenvalue weighted by Crippen LogP contribution is 2.18. The number of amides is 2. The zero-order valence-electron chi connectivity index (χ0n) is 12.6. The van der Waals surface area contributed by atoms with Crippen LogP contribution in [0.5, 0.6) is 0 Å². The summed E-state index contributed by atoms with van der Waals surface area (Å²) in [7, 11) is 0. The second-order valence-corrected chi connectivity index (χ2v) is 5.56. The molecule has 1 aromatic carbocycles. The average molecular weight is 319 g/mol. The Labute approximate surface area is 133 Å². The molecule has 0 saturated carbocycles. The first-order valence-electron chi connectivity index (χ1n) is 7.39. The van der Waals surface area contributed by atoms with Gasteiger partial charge in [-0.25, -0.2) is 9.18 Å². The van der Waals surface area contributed by atoms with Crippen LogP contribution in [-0.2, 0) is 11.3 Å². The van der Waals surface area contributed by atoms with Gasteiger partial charge in [0, 0.05) is 32.6 Å². The lowest BCUT2D eigenvalue weighted by molar-refractivity contribution is -0.137. The van der Waals surface area contributed by atoms with Gasteiger partial charge in [0.05, 0.1) is 12.0 Å². The molecule has 0 radical (unpaired) electrons. The summed E-state index contributed by atoms with van der Waals surface area (Å²) in [5.74, 6) is -1.39. The van der Waals surface area contributed by atoms with Gasteiger partial charge in [-0.1, -0.05) is 12.1 Å². The number of likely N-dealkylation sites (tertiary alicyclic amines) is 1. The molecular weight excluding hydrogens is 301 g/mol.